The SMILES string of the molecule is CCc1nn(C)c(-c2ccc(OCc3ccc(Cl)cc3)cc2O)c1-c1ccccc1. The molecule has 30 heavy (non-hydrogen) atoms. The van der Waals surface area contributed by atoms with E-state index in [0.29, 0.717) is 17.4 Å². The molecule has 4 rings (SSSR count). The monoisotopic (exact) mass is 418 g/mol. The van der Waals surface area contributed by atoms with Gasteiger partial charge in [-0.25, -0.2) is 0 Å². The summed E-state index contributed by atoms with van der Waals surface area (Å²) in [4.78, 5) is 0. The Balaban J connectivity index is 1.67. The molecule has 0 aliphatic rings. The van der Waals surface area contributed by atoms with E-state index in [4.69, 9.17) is 21.4 Å². The number of halogens is 1. The van der Waals surface area contributed by atoms with E-state index in [1.54, 1.807) is 6.07 Å². The molecule has 4 nitrogen and oxygen atoms in total. The van der Waals surface area contributed by atoms with Crippen LogP contribution in [0.4, 0.5) is 0 Å². The summed E-state index contributed by atoms with van der Waals surface area (Å²) < 4.78 is 7.69. The molecule has 0 aliphatic heterocycles. The third kappa shape index (κ3) is 4.05. The number of phenols is 1. The van der Waals surface area contributed by atoms with Gasteiger partial charge in [-0.2, -0.15) is 5.10 Å². The van der Waals surface area contributed by atoms with Gasteiger partial charge in [-0.3, -0.25) is 4.68 Å². The Morgan fingerprint density at radius 3 is 2.40 bits per heavy atom. The highest BCUT2D eigenvalue weighted by Crippen LogP contribution is 2.40. The van der Waals surface area contributed by atoms with Crippen LogP contribution in [0.5, 0.6) is 11.5 Å². The zero-order chi connectivity index (χ0) is 21.1. The fourth-order valence-corrected chi connectivity index (χ4v) is 3.72. The van der Waals surface area contributed by atoms with E-state index in [9.17, 15) is 5.11 Å². The summed E-state index contributed by atoms with van der Waals surface area (Å²) in [5.41, 5.74) is 5.75. The molecule has 0 spiro atoms. The van der Waals surface area contributed by atoms with Crippen molar-refractivity contribution in [2.45, 2.75) is 20.0 Å². The van der Waals surface area contributed by atoms with Gasteiger partial charge >= 0.3 is 0 Å². The molecule has 1 heterocycles. The molecule has 0 saturated heterocycles. The van der Waals surface area contributed by atoms with Crippen molar-refractivity contribution in [1.29, 1.82) is 0 Å². The van der Waals surface area contributed by atoms with Crippen LogP contribution in [-0.2, 0) is 20.1 Å². The van der Waals surface area contributed by atoms with Crippen molar-refractivity contribution in [3.63, 3.8) is 0 Å². The second-order valence-electron chi connectivity index (χ2n) is 7.11. The van der Waals surface area contributed by atoms with E-state index < -0.39 is 0 Å². The molecular formula is C25H23ClN2O2. The number of rotatable bonds is 6. The van der Waals surface area contributed by atoms with Gasteiger partial charge in [0.1, 0.15) is 18.1 Å². The Hall–Kier alpha value is -3.24. The number of phenolic OH excluding ortho intramolecular Hbond substituents is 1. The predicted molar refractivity (Wildman–Crippen MR) is 121 cm³/mol. The summed E-state index contributed by atoms with van der Waals surface area (Å²) in [6.45, 7) is 2.49. The van der Waals surface area contributed by atoms with Crippen molar-refractivity contribution < 1.29 is 9.84 Å². The van der Waals surface area contributed by atoms with Crippen LogP contribution < -0.4 is 4.74 Å². The highest BCUT2D eigenvalue weighted by Gasteiger charge is 2.20. The molecule has 152 valence electrons. The molecule has 0 atom stereocenters. The third-order valence-corrected chi connectivity index (χ3v) is 5.31. The molecule has 4 aromatic rings. The summed E-state index contributed by atoms with van der Waals surface area (Å²) in [5, 5.41) is 16.2. The van der Waals surface area contributed by atoms with E-state index in [1.165, 1.54) is 0 Å². The second kappa shape index (κ2) is 8.64. The molecule has 0 unspecified atom stereocenters. The maximum Gasteiger partial charge on any atom is 0.128 e. The number of aryl methyl sites for hydroxylation is 2. The molecule has 1 N–H and O–H groups in total. The van der Waals surface area contributed by atoms with Crippen molar-refractivity contribution in [2.24, 2.45) is 7.05 Å². The van der Waals surface area contributed by atoms with Gasteiger partial charge in [0.2, 0.25) is 0 Å². The number of hydrogen-bond acceptors (Lipinski definition) is 3. The quantitative estimate of drug-likeness (QED) is 0.402. The van der Waals surface area contributed by atoms with Crippen molar-refractivity contribution in [1.82, 2.24) is 9.78 Å². The Labute approximate surface area is 181 Å². The van der Waals surface area contributed by atoms with Crippen molar-refractivity contribution in [3.05, 3.63) is 89.1 Å². The minimum Gasteiger partial charge on any atom is -0.507 e. The van der Waals surface area contributed by atoms with Gasteiger partial charge in [-0.15, -0.1) is 0 Å². The summed E-state index contributed by atoms with van der Waals surface area (Å²) >= 11 is 5.93. The van der Waals surface area contributed by atoms with Crippen molar-refractivity contribution in [2.75, 3.05) is 0 Å². The molecule has 5 heteroatoms. The lowest BCUT2D eigenvalue weighted by molar-refractivity contribution is 0.304. The average molecular weight is 419 g/mol. The first-order valence-corrected chi connectivity index (χ1v) is 10.3. The van der Waals surface area contributed by atoms with Crippen LogP contribution in [0.15, 0.2) is 72.8 Å². The van der Waals surface area contributed by atoms with E-state index in [0.717, 1.165) is 40.1 Å². The van der Waals surface area contributed by atoms with Gasteiger partial charge in [-0.1, -0.05) is 61.0 Å². The van der Waals surface area contributed by atoms with Crippen LogP contribution >= 0.6 is 11.6 Å². The number of ether oxygens (including phenoxy) is 1. The van der Waals surface area contributed by atoms with Gasteiger partial charge in [0.05, 0.1) is 11.4 Å². The molecule has 0 bridgehead atoms. The Morgan fingerprint density at radius 2 is 1.73 bits per heavy atom. The van der Waals surface area contributed by atoms with Gasteiger partial charge in [-0.05, 0) is 41.8 Å². The van der Waals surface area contributed by atoms with E-state index in [-0.39, 0.29) is 5.75 Å². The highest BCUT2D eigenvalue weighted by molar-refractivity contribution is 6.30. The van der Waals surface area contributed by atoms with Gasteiger partial charge in [0.25, 0.3) is 0 Å². The lowest BCUT2D eigenvalue weighted by Gasteiger charge is -2.12. The maximum absolute atomic E-state index is 10.8. The molecule has 0 radical (unpaired) electrons. The van der Waals surface area contributed by atoms with E-state index in [2.05, 4.69) is 19.1 Å². The predicted octanol–water partition coefficient (Wildman–Crippen LogP) is 6.25. The van der Waals surface area contributed by atoms with Crippen LogP contribution in [-0.4, -0.2) is 14.9 Å². The number of hydrogen-bond donors (Lipinski definition) is 1. The van der Waals surface area contributed by atoms with Crippen LogP contribution in [0.25, 0.3) is 22.4 Å². The zero-order valence-corrected chi connectivity index (χ0v) is 17.7. The molecule has 0 saturated carbocycles. The second-order valence-corrected chi connectivity index (χ2v) is 7.54. The summed E-state index contributed by atoms with van der Waals surface area (Å²) in [6, 6.07) is 23.1. The first kappa shape index (κ1) is 20.0. The van der Waals surface area contributed by atoms with Crippen LogP contribution in [0, 0.1) is 0 Å². The van der Waals surface area contributed by atoms with Gasteiger partial charge in [0.15, 0.2) is 0 Å². The van der Waals surface area contributed by atoms with Crippen molar-refractivity contribution >= 4 is 11.6 Å². The smallest absolute Gasteiger partial charge is 0.128 e. The highest BCUT2D eigenvalue weighted by atomic mass is 35.5. The number of benzene rings is 3. The molecule has 0 amide bonds. The fraction of sp³-hybridized carbons (Fsp3) is 0.160. The first-order valence-electron chi connectivity index (χ1n) is 9.88. The Morgan fingerprint density at radius 1 is 1.00 bits per heavy atom. The van der Waals surface area contributed by atoms with E-state index in [1.807, 2.05) is 66.3 Å². The third-order valence-electron chi connectivity index (χ3n) is 5.06. The maximum atomic E-state index is 10.8. The van der Waals surface area contributed by atoms with E-state index >= 15 is 0 Å². The van der Waals surface area contributed by atoms with Gasteiger partial charge < -0.3 is 9.84 Å². The lowest BCUT2D eigenvalue weighted by atomic mass is 9.97. The molecule has 0 aliphatic carbocycles. The standard InChI is InChI=1S/C25H23ClN2O2/c1-3-22-24(18-7-5-4-6-8-18)25(28(2)27-22)21-14-13-20(15-23(21)29)30-16-17-9-11-19(26)12-10-17/h4-15,29H,3,16H2,1-2H3. The van der Waals surface area contributed by atoms with Crippen molar-refractivity contribution in [3.8, 4) is 33.9 Å². The molecule has 1 aromatic heterocycles. The molecular weight excluding hydrogens is 396 g/mol. The summed E-state index contributed by atoms with van der Waals surface area (Å²) in [5.74, 6) is 0.761. The number of nitrogens with zero attached hydrogens (tertiary/aromatic N) is 2. The largest absolute Gasteiger partial charge is 0.507 e. The Kier molecular flexibility index (Phi) is 5.77. The average Bonchev–Trinajstić information content (AvgIpc) is 3.10. The minimum absolute atomic E-state index is 0.159. The zero-order valence-electron chi connectivity index (χ0n) is 17.0. The molecule has 3 aromatic carbocycles. The van der Waals surface area contributed by atoms with Crippen LogP contribution in [0.3, 0.4) is 0 Å². The summed E-state index contributed by atoms with van der Waals surface area (Å²) in [7, 11) is 1.91. The number of aromatic nitrogens is 2. The minimum atomic E-state index is 0.159. The topological polar surface area (TPSA) is 47.3 Å². The normalized spacial score (nSPS) is 10.9. The van der Waals surface area contributed by atoms with Crippen LogP contribution in [0.2, 0.25) is 5.02 Å². The van der Waals surface area contributed by atoms with Crippen LogP contribution in [0.1, 0.15) is 18.2 Å². The fourth-order valence-electron chi connectivity index (χ4n) is 3.59. The number of aromatic hydroxyl groups is 1. The van der Waals surface area contributed by atoms with Gasteiger partial charge in [0, 0.05) is 29.3 Å². The Bertz CT molecular complexity index is 1150. The lowest BCUT2D eigenvalue weighted by Crippen LogP contribution is -1.97. The summed E-state index contributed by atoms with van der Waals surface area (Å²) in [6.07, 6.45) is 0.807. The first-order chi connectivity index (χ1) is 14.6. The molecule has 0 fully saturated rings.